The van der Waals surface area contributed by atoms with Crippen LogP contribution >= 0.6 is 0 Å². The number of benzene rings is 1. The topological polar surface area (TPSA) is 29.3 Å². The number of nitrogens with two attached hydrogens (primary N) is 1. The summed E-state index contributed by atoms with van der Waals surface area (Å²) < 4.78 is 13.1. The molecule has 2 N–H and O–H groups in total. The number of nitrogen functional groups attached to an aromatic ring is 1. The summed E-state index contributed by atoms with van der Waals surface area (Å²) in [5.41, 5.74) is 7.06. The minimum atomic E-state index is -0.286. The van der Waals surface area contributed by atoms with Crippen molar-refractivity contribution in [3.8, 4) is 0 Å². The van der Waals surface area contributed by atoms with Crippen molar-refractivity contribution in [2.24, 2.45) is 5.41 Å². The maximum atomic E-state index is 13.1. The first-order valence-electron chi connectivity index (χ1n) is 5.05. The van der Waals surface area contributed by atoms with Crippen LogP contribution in [0.3, 0.4) is 0 Å². The van der Waals surface area contributed by atoms with Gasteiger partial charge in [0.05, 0.1) is 0 Å². The van der Waals surface area contributed by atoms with Gasteiger partial charge in [0.1, 0.15) is 5.82 Å². The van der Waals surface area contributed by atoms with Gasteiger partial charge in [-0.3, -0.25) is 0 Å². The molecular weight excluding hydrogens is 191 g/mol. The molecule has 0 saturated carbocycles. The fourth-order valence-corrected chi connectivity index (χ4v) is 1.62. The van der Waals surface area contributed by atoms with Crippen LogP contribution in [0.15, 0.2) is 18.2 Å². The second-order valence-electron chi connectivity index (χ2n) is 5.16. The lowest BCUT2D eigenvalue weighted by Gasteiger charge is -2.28. The van der Waals surface area contributed by atoms with Crippen molar-refractivity contribution in [1.29, 1.82) is 0 Å². The van der Waals surface area contributed by atoms with E-state index in [-0.39, 0.29) is 11.2 Å². The van der Waals surface area contributed by atoms with E-state index in [1.807, 2.05) is 11.9 Å². The highest BCUT2D eigenvalue weighted by Crippen LogP contribution is 2.23. The molecule has 84 valence electrons. The Morgan fingerprint density at radius 1 is 1.27 bits per heavy atom. The van der Waals surface area contributed by atoms with E-state index in [4.69, 9.17) is 5.73 Å². The highest BCUT2D eigenvalue weighted by molar-refractivity contribution is 5.56. The number of rotatable bonds is 2. The highest BCUT2D eigenvalue weighted by Gasteiger charge is 2.14. The predicted molar refractivity (Wildman–Crippen MR) is 63.5 cm³/mol. The zero-order valence-corrected chi connectivity index (χ0v) is 9.84. The van der Waals surface area contributed by atoms with E-state index in [0.29, 0.717) is 5.69 Å². The van der Waals surface area contributed by atoms with Gasteiger partial charge >= 0.3 is 0 Å². The van der Waals surface area contributed by atoms with Gasteiger partial charge in [-0.25, -0.2) is 4.39 Å². The standard InChI is InChI=1S/C12H19FN2/c1-12(2,3)8-15(4)11-6-9(13)5-10(14)7-11/h5-7H,8,14H2,1-4H3. The van der Waals surface area contributed by atoms with Gasteiger partial charge in [-0.1, -0.05) is 20.8 Å². The minimum absolute atomic E-state index is 0.176. The summed E-state index contributed by atoms with van der Waals surface area (Å²) in [4.78, 5) is 2.01. The second kappa shape index (κ2) is 4.09. The smallest absolute Gasteiger partial charge is 0.127 e. The van der Waals surface area contributed by atoms with Gasteiger partial charge in [0.25, 0.3) is 0 Å². The van der Waals surface area contributed by atoms with Crippen LogP contribution in [0.1, 0.15) is 20.8 Å². The highest BCUT2D eigenvalue weighted by atomic mass is 19.1. The molecule has 0 unspecified atom stereocenters. The zero-order chi connectivity index (χ0) is 11.6. The number of hydrogen-bond acceptors (Lipinski definition) is 2. The van der Waals surface area contributed by atoms with E-state index in [2.05, 4.69) is 20.8 Å². The second-order valence-corrected chi connectivity index (χ2v) is 5.16. The largest absolute Gasteiger partial charge is 0.399 e. The fraction of sp³-hybridized carbons (Fsp3) is 0.500. The summed E-state index contributed by atoms with van der Waals surface area (Å²) in [7, 11) is 1.94. The van der Waals surface area contributed by atoms with Crippen molar-refractivity contribution in [1.82, 2.24) is 0 Å². The Morgan fingerprint density at radius 2 is 1.87 bits per heavy atom. The van der Waals surface area contributed by atoms with Crippen molar-refractivity contribution in [3.63, 3.8) is 0 Å². The van der Waals surface area contributed by atoms with Gasteiger partial charge in [-0.2, -0.15) is 0 Å². The first-order chi connectivity index (χ1) is 6.78. The SMILES string of the molecule is CN(CC(C)(C)C)c1cc(N)cc(F)c1. The monoisotopic (exact) mass is 210 g/mol. The third-order valence-corrected chi connectivity index (χ3v) is 2.06. The lowest BCUT2D eigenvalue weighted by Crippen LogP contribution is -2.29. The maximum absolute atomic E-state index is 13.1. The average Bonchev–Trinajstić information content (AvgIpc) is 1.98. The van der Waals surface area contributed by atoms with Crippen molar-refractivity contribution in [2.75, 3.05) is 24.2 Å². The van der Waals surface area contributed by atoms with Crippen LogP contribution in [0.2, 0.25) is 0 Å². The third-order valence-electron chi connectivity index (χ3n) is 2.06. The molecule has 0 bridgehead atoms. The summed E-state index contributed by atoms with van der Waals surface area (Å²) in [5.74, 6) is -0.286. The van der Waals surface area contributed by atoms with Crippen molar-refractivity contribution in [3.05, 3.63) is 24.0 Å². The Balaban J connectivity index is 2.86. The Bertz CT molecular complexity index is 322. The molecule has 15 heavy (non-hydrogen) atoms. The van der Waals surface area contributed by atoms with Crippen LogP contribution in [0.25, 0.3) is 0 Å². The number of halogens is 1. The molecule has 0 atom stereocenters. The quantitative estimate of drug-likeness (QED) is 0.760. The maximum Gasteiger partial charge on any atom is 0.127 e. The molecule has 0 radical (unpaired) electrons. The van der Waals surface area contributed by atoms with Crippen LogP contribution in [-0.4, -0.2) is 13.6 Å². The molecule has 3 heteroatoms. The number of anilines is 2. The van der Waals surface area contributed by atoms with Gasteiger partial charge in [-0.15, -0.1) is 0 Å². The Hall–Kier alpha value is -1.25. The Morgan fingerprint density at radius 3 is 2.33 bits per heavy atom. The van der Waals surface area contributed by atoms with E-state index >= 15 is 0 Å². The molecule has 1 rings (SSSR count). The van der Waals surface area contributed by atoms with Crippen LogP contribution in [0.5, 0.6) is 0 Å². The molecule has 0 aliphatic heterocycles. The van der Waals surface area contributed by atoms with Crippen LogP contribution in [0, 0.1) is 11.2 Å². The number of nitrogens with zero attached hydrogens (tertiary/aromatic N) is 1. The molecule has 0 heterocycles. The van der Waals surface area contributed by atoms with Gasteiger partial charge in [-0.05, 0) is 23.6 Å². The van der Waals surface area contributed by atoms with E-state index < -0.39 is 0 Å². The van der Waals surface area contributed by atoms with Crippen LogP contribution in [-0.2, 0) is 0 Å². The third kappa shape index (κ3) is 3.78. The molecule has 0 aromatic heterocycles. The number of hydrogen-bond donors (Lipinski definition) is 1. The van der Waals surface area contributed by atoms with E-state index in [9.17, 15) is 4.39 Å². The summed E-state index contributed by atoms with van der Waals surface area (Å²) in [6, 6.07) is 4.62. The summed E-state index contributed by atoms with van der Waals surface area (Å²) in [6.07, 6.45) is 0. The molecule has 0 spiro atoms. The van der Waals surface area contributed by atoms with E-state index in [1.165, 1.54) is 12.1 Å². The fourth-order valence-electron chi connectivity index (χ4n) is 1.62. The van der Waals surface area contributed by atoms with Crippen molar-refractivity contribution >= 4 is 11.4 Å². The van der Waals surface area contributed by atoms with Gasteiger partial charge in [0.15, 0.2) is 0 Å². The lowest BCUT2D eigenvalue weighted by molar-refractivity contribution is 0.418. The molecule has 1 aromatic carbocycles. The average molecular weight is 210 g/mol. The molecule has 0 aliphatic rings. The predicted octanol–water partition coefficient (Wildman–Crippen LogP) is 2.89. The molecule has 0 saturated heterocycles. The summed E-state index contributed by atoms with van der Waals surface area (Å²) in [6.45, 7) is 7.29. The first-order valence-corrected chi connectivity index (χ1v) is 5.05. The lowest BCUT2D eigenvalue weighted by atomic mass is 9.96. The van der Waals surface area contributed by atoms with Gasteiger partial charge < -0.3 is 10.6 Å². The first kappa shape index (κ1) is 11.8. The molecule has 0 amide bonds. The van der Waals surface area contributed by atoms with Crippen molar-refractivity contribution < 1.29 is 4.39 Å². The molecule has 0 fully saturated rings. The normalized spacial score (nSPS) is 11.5. The summed E-state index contributed by atoms with van der Waals surface area (Å²) >= 11 is 0. The zero-order valence-electron chi connectivity index (χ0n) is 9.84. The van der Waals surface area contributed by atoms with Gasteiger partial charge in [0, 0.05) is 25.0 Å². The Kier molecular flexibility index (Phi) is 3.22. The van der Waals surface area contributed by atoms with Gasteiger partial charge in [0.2, 0.25) is 0 Å². The molecule has 1 aromatic rings. The van der Waals surface area contributed by atoms with E-state index in [0.717, 1.165) is 12.2 Å². The van der Waals surface area contributed by atoms with Crippen molar-refractivity contribution in [2.45, 2.75) is 20.8 Å². The molecule has 2 nitrogen and oxygen atoms in total. The van der Waals surface area contributed by atoms with Crippen LogP contribution in [0.4, 0.5) is 15.8 Å². The Labute approximate surface area is 90.9 Å². The molecule has 0 aliphatic carbocycles. The van der Waals surface area contributed by atoms with E-state index in [1.54, 1.807) is 6.07 Å². The minimum Gasteiger partial charge on any atom is -0.399 e. The van der Waals surface area contributed by atoms with Crippen LogP contribution < -0.4 is 10.6 Å². The molecular formula is C12H19FN2. The summed E-state index contributed by atoms with van der Waals surface area (Å²) in [5, 5.41) is 0.